The maximum absolute atomic E-state index is 3.51. The van der Waals surface area contributed by atoms with E-state index in [0.717, 1.165) is 11.8 Å². The quantitative estimate of drug-likeness (QED) is 0.800. The highest BCUT2D eigenvalue weighted by atomic mass is 14.9. The zero-order valence-corrected chi connectivity index (χ0v) is 10.7. The van der Waals surface area contributed by atoms with Crippen molar-refractivity contribution in [3.05, 3.63) is 34.9 Å². The summed E-state index contributed by atoms with van der Waals surface area (Å²) in [7, 11) is 0. The van der Waals surface area contributed by atoms with Gasteiger partial charge in [-0.2, -0.15) is 0 Å². The van der Waals surface area contributed by atoms with E-state index in [1.165, 1.54) is 37.1 Å². The molecule has 16 heavy (non-hydrogen) atoms. The van der Waals surface area contributed by atoms with Crippen LogP contribution in [0.4, 0.5) is 0 Å². The molecule has 1 heterocycles. The van der Waals surface area contributed by atoms with Crippen LogP contribution in [-0.2, 0) is 0 Å². The molecule has 1 nitrogen and oxygen atoms in total. The van der Waals surface area contributed by atoms with Crippen molar-refractivity contribution in [2.24, 2.45) is 5.92 Å². The summed E-state index contributed by atoms with van der Waals surface area (Å²) >= 11 is 0. The summed E-state index contributed by atoms with van der Waals surface area (Å²) in [4.78, 5) is 0. The van der Waals surface area contributed by atoms with Gasteiger partial charge in [0.05, 0.1) is 0 Å². The molecule has 88 valence electrons. The highest BCUT2D eigenvalue weighted by molar-refractivity contribution is 5.32. The first-order chi connectivity index (χ1) is 7.72. The molecule has 0 spiro atoms. The fourth-order valence-corrected chi connectivity index (χ4v) is 2.79. The molecule has 1 aromatic rings. The van der Waals surface area contributed by atoms with Crippen molar-refractivity contribution in [1.29, 1.82) is 0 Å². The molecular weight excluding hydrogens is 194 g/mol. The number of benzene rings is 1. The standard InChI is InChI=1S/C15H23N/c1-4-13-10-16-8-7-15(13)14-6-5-11(2)12(3)9-14/h5-6,9,13,15-16H,4,7-8,10H2,1-3H3. The van der Waals surface area contributed by atoms with Crippen LogP contribution < -0.4 is 5.32 Å². The van der Waals surface area contributed by atoms with Crippen molar-refractivity contribution in [2.75, 3.05) is 13.1 Å². The predicted octanol–water partition coefficient (Wildman–Crippen LogP) is 3.41. The van der Waals surface area contributed by atoms with Gasteiger partial charge in [-0.25, -0.2) is 0 Å². The molecule has 2 unspecified atom stereocenters. The third kappa shape index (κ3) is 2.30. The lowest BCUT2D eigenvalue weighted by molar-refractivity contribution is 0.318. The number of rotatable bonds is 2. The van der Waals surface area contributed by atoms with E-state index < -0.39 is 0 Å². The van der Waals surface area contributed by atoms with Gasteiger partial charge in [0.1, 0.15) is 0 Å². The van der Waals surface area contributed by atoms with Crippen LogP contribution in [0.25, 0.3) is 0 Å². The Morgan fingerprint density at radius 2 is 2.06 bits per heavy atom. The molecule has 0 bridgehead atoms. The summed E-state index contributed by atoms with van der Waals surface area (Å²) in [6.45, 7) is 9.09. The minimum Gasteiger partial charge on any atom is -0.316 e. The molecule has 0 aromatic heterocycles. The van der Waals surface area contributed by atoms with Crippen LogP contribution in [0.2, 0.25) is 0 Å². The Bertz CT molecular complexity index is 356. The molecule has 0 amide bonds. The van der Waals surface area contributed by atoms with Gasteiger partial charge in [-0.15, -0.1) is 0 Å². The molecule has 2 atom stereocenters. The average Bonchev–Trinajstić information content (AvgIpc) is 2.32. The molecule has 0 saturated carbocycles. The molecule has 1 heteroatoms. The van der Waals surface area contributed by atoms with Gasteiger partial charge in [-0.3, -0.25) is 0 Å². The van der Waals surface area contributed by atoms with Crippen LogP contribution >= 0.6 is 0 Å². The number of hydrogen-bond acceptors (Lipinski definition) is 1. The Morgan fingerprint density at radius 1 is 1.25 bits per heavy atom. The van der Waals surface area contributed by atoms with E-state index in [9.17, 15) is 0 Å². The smallest absolute Gasteiger partial charge is 0.00148 e. The molecule has 1 aromatic carbocycles. The minimum absolute atomic E-state index is 0.769. The molecule has 1 aliphatic rings. The number of hydrogen-bond donors (Lipinski definition) is 1. The largest absolute Gasteiger partial charge is 0.316 e. The van der Waals surface area contributed by atoms with Gasteiger partial charge < -0.3 is 5.32 Å². The van der Waals surface area contributed by atoms with Gasteiger partial charge >= 0.3 is 0 Å². The first-order valence-corrected chi connectivity index (χ1v) is 6.50. The lowest BCUT2D eigenvalue weighted by Gasteiger charge is -2.32. The number of piperidine rings is 1. The van der Waals surface area contributed by atoms with Gasteiger partial charge in [-0.05, 0) is 61.9 Å². The molecule has 0 aliphatic carbocycles. The van der Waals surface area contributed by atoms with E-state index in [0.29, 0.717) is 0 Å². The SMILES string of the molecule is CCC1CNCCC1c1ccc(C)c(C)c1. The van der Waals surface area contributed by atoms with Crippen LogP contribution in [0.15, 0.2) is 18.2 Å². The predicted molar refractivity (Wildman–Crippen MR) is 69.9 cm³/mol. The molecular formula is C15H23N. The Hall–Kier alpha value is -0.820. The van der Waals surface area contributed by atoms with Crippen molar-refractivity contribution in [1.82, 2.24) is 5.32 Å². The number of aryl methyl sites for hydroxylation is 2. The Morgan fingerprint density at radius 3 is 2.75 bits per heavy atom. The zero-order valence-electron chi connectivity index (χ0n) is 10.7. The zero-order chi connectivity index (χ0) is 11.5. The van der Waals surface area contributed by atoms with E-state index >= 15 is 0 Å². The van der Waals surface area contributed by atoms with Crippen LogP contribution in [0, 0.1) is 19.8 Å². The topological polar surface area (TPSA) is 12.0 Å². The van der Waals surface area contributed by atoms with E-state index in [1.807, 2.05) is 0 Å². The summed E-state index contributed by atoms with van der Waals surface area (Å²) < 4.78 is 0. The fourth-order valence-electron chi connectivity index (χ4n) is 2.79. The molecule has 1 aliphatic heterocycles. The van der Waals surface area contributed by atoms with Crippen LogP contribution in [0.5, 0.6) is 0 Å². The van der Waals surface area contributed by atoms with Gasteiger partial charge in [0.15, 0.2) is 0 Å². The maximum Gasteiger partial charge on any atom is -0.00148 e. The fraction of sp³-hybridized carbons (Fsp3) is 0.600. The van der Waals surface area contributed by atoms with Crippen molar-refractivity contribution in [3.63, 3.8) is 0 Å². The summed E-state index contributed by atoms with van der Waals surface area (Å²) in [5.74, 6) is 1.58. The summed E-state index contributed by atoms with van der Waals surface area (Å²) in [6.07, 6.45) is 2.57. The molecule has 1 fully saturated rings. The second kappa shape index (κ2) is 5.01. The molecule has 1 N–H and O–H groups in total. The Balaban J connectivity index is 2.23. The maximum atomic E-state index is 3.51. The highest BCUT2D eigenvalue weighted by Crippen LogP contribution is 2.32. The van der Waals surface area contributed by atoms with Gasteiger partial charge in [0.25, 0.3) is 0 Å². The Labute approximate surface area is 99.3 Å². The Kier molecular flexibility index (Phi) is 3.65. The van der Waals surface area contributed by atoms with E-state index in [2.05, 4.69) is 44.3 Å². The molecule has 0 radical (unpaired) electrons. The molecule has 1 saturated heterocycles. The average molecular weight is 217 g/mol. The van der Waals surface area contributed by atoms with Crippen molar-refractivity contribution < 1.29 is 0 Å². The van der Waals surface area contributed by atoms with E-state index in [4.69, 9.17) is 0 Å². The highest BCUT2D eigenvalue weighted by Gasteiger charge is 2.24. The van der Waals surface area contributed by atoms with Crippen LogP contribution in [0.1, 0.15) is 42.4 Å². The van der Waals surface area contributed by atoms with Crippen molar-refractivity contribution in [2.45, 2.75) is 39.5 Å². The summed E-state index contributed by atoms with van der Waals surface area (Å²) in [5, 5.41) is 3.51. The van der Waals surface area contributed by atoms with E-state index in [1.54, 1.807) is 5.56 Å². The van der Waals surface area contributed by atoms with Gasteiger partial charge in [-0.1, -0.05) is 31.5 Å². The summed E-state index contributed by atoms with van der Waals surface area (Å²) in [6, 6.07) is 7.01. The first-order valence-electron chi connectivity index (χ1n) is 6.50. The lowest BCUT2D eigenvalue weighted by Crippen LogP contribution is -2.35. The monoisotopic (exact) mass is 217 g/mol. The van der Waals surface area contributed by atoms with Crippen LogP contribution in [-0.4, -0.2) is 13.1 Å². The minimum atomic E-state index is 0.769. The first kappa shape index (κ1) is 11.7. The van der Waals surface area contributed by atoms with Gasteiger partial charge in [0, 0.05) is 0 Å². The van der Waals surface area contributed by atoms with Crippen molar-refractivity contribution in [3.8, 4) is 0 Å². The lowest BCUT2D eigenvalue weighted by atomic mass is 9.79. The van der Waals surface area contributed by atoms with Crippen molar-refractivity contribution >= 4 is 0 Å². The number of nitrogens with one attached hydrogen (secondary N) is 1. The summed E-state index contributed by atoms with van der Waals surface area (Å²) in [5.41, 5.74) is 4.40. The van der Waals surface area contributed by atoms with Crippen LogP contribution in [0.3, 0.4) is 0 Å². The normalized spacial score (nSPS) is 25.7. The molecule has 2 rings (SSSR count). The third-order valence-electron chi connectivity index (χ3n) is 4.09. The third-order valence-corrected chi connectivity index (χ3v) is 4.09. The second-order valence-corrected chi connectivity index (χ2v) is 5.11. The van der Waals surface area contributed by atoms with E-state index in [-0.39, 0.29) is 0 Å². The van der Waals surface area contributed by atoms with Gasteiger partial charge in [0.2, 0.25) is 0 Å². The second-order valence-electron chi connectivity index (χ2n) is 5.11.